The molecule has 0 aliphatic heterocycles. The molecule has 0 saturated carbocycles. The van der Waals surface area contributed by atoms with E-state index in [-0.39, 0.29) is 16.2 Å². The van der Waals surface area contributed by atoms with Crippen molar-refractivity contribution in [1.29, 1.82) is 0 Å². The van der Waals surface area contributed by atoms with Gasteiger partial charge in [-0.1, -0.05) is 31.5 Å². The highest BCUT2D eigenvalue weighted by atomic mass is 32.2. The second-order valence-corrected chi connectivity index (χ2v) is 7.33. The molecule has 0 saturated heterocycles. The van der Waals surface area contributed by atoms with Crippen LogP contribution in [0, 0.1) is 6.92 Å². The van der Waals surface area contributed by atoms with Gasteiger partial charge in [0.05, 0.1) is 11.3 Å². The number of hydrogen-bond donors (Lipinski definition) is 3. The van der Waals surface area contributed by atoms with E-state index in [2.05, 4.69) is 5.32 Å². The quantitative estimate of drug-likeness (QED) is 0.606. The van der Waals surface area contributed by atoms with Crippen LogP contribution in [0.2, 0.25) is 0 Å². The van der Waals surface area contributed by atoms with Crippen LogP contribution in [0.1, 0.15) is 35.7 Å². The van der Waals surface area contributed by atoms with E-state index in [4.69, 9.17) is 9.88 Å². The maximum absolute atomic E-state index is 12.1. The first-order valence-electron chi connectivity index (χ1n) is 8.16. The van der Waals surface area contributed by atoms with E-state index in [9.17, 15) is 18.3 Å². The Labute approximate surface area is 152 Å². The van der Waals surface area contributed by atoms with E-state index < -0.39 is 16.0 Å². The summed E-state index contributed by atoms with van der Waals surface area (Å²) in [7, 11) is -4.21. The summed E-state index contributed by atoms with van der Waals surface area (Å²) in [6, 6.07) is 9.67. The van der Waals surface area contributed by atoms with E-state index in [1.165, 1.54) is 0 Å². The number of aromatic carboxylic acids is 1. The van der Waals surface area contributed by atoms with E-state index in [0.29, 0.717) is 23.5 Å². The van der Waals surface area contributed by atoms with Crippen LogP contribution in [0.5, 0.6) is 11.5 Å². The van der Waals surface area contributed by atoms with Gasteiger partial charge in [0.2, 0.25) is 10.0 Å². The molecule has 8 heteroatoms. The van der Waals surface area contributed by atoms with E-state index in [1.807, 2.05) is 6.92 Å². The molecule has 0 aromatic heterocycles. The van der Waals surface area contributed by atoms with Crippen molar-refractivity contribution in [3.05, 3.63) is 47.5 Å². The lowest BCUT2D eigenvalue weighted by atomic mass is 10.1. The van der Waals surface area contributed by atoms with E-state index in [1.54, 1.807) is 37.3 Å². The van der Waals surface area contributed by atoms with Crippen molar-refractivity contribution in [2.45, 2.75) is 31.6 Å². The van der Waals surface area contributed by atoms with Crippen LogP contribution >= 0.6 is 0 Å². The molecule has 0 radical (unpaired) electrons. The van der Waals surface area contributed by atoms with Crippen LogP contribution in [-0.4, -0.2) is 26.0 Å². The van der Waals surface area contributed by atoms with Gasteiger partial charge >= 0.3 is 5.97 Å². The third kappa shape index (κ3) is 4.53. The van der Waals surface area contributed by atoms with Crippen LogP contribution in [0.25, 0.3) is 0 Å². The Morgan fingerprint density at radius 1 is 1.27 bits per heavy atom. The number of ether oxygens (including phenoxy) is 1. The van der Waals surface area contributed by atoms with Crippen LogP contribution in [0.3, 0.4) is 0 Å². The molecule has 0 amide bonds. The summed E-state index contributed by atoms with van der Waals surface area (Å²) < 4.78 is 30.0. The number of primary sulfonamides is 1. The predicted octanol–water partition coefficient (Wildman–Crippen LogP) is 3.34. The lowest BCUT2D eigenvalue weighted by molar-refractivity contribution is 0.0696. The Morgan fingerprint density at radius 2 is 1.92 bits per heavy atom. The number of carboxylic acid groups (broad SMARTS) is 1. The van der Waals surface area contributed by atoms with Crippen molar-refractivity contribution in [1.82, 2.24) is 0 Å². The molecule has 0 bridgehead atoms. The minimum atomic E-state index is -4.21. The van der Waals surface area contributed by atoms with E-state index in [0.717, 1.165) is 18.9 Å². The number of para-hydroxylation sites is 1. The Hall–Kier alpha value is -2.58. The maximum Gasteiger partial charge on any atom is 0.336 e. The fraction of sp³-hybridized carbons (Fsp3) is 0.278. The molecule has 0 atom stereocenters. The normalized spacial score (nSPS) is 11.2. The Morgan fingerprint density at radius 3 is 2.46 bits per heavy atom. The molecule has 2 rings (SSSR count). The fourth-order valence-corrected chi connectivity index (χ4v) is 3.16. The summed E-state index contributed by atoms with van der Waals surface area (Å²) in [5, 5.41) is 17.9. The summed E-state index contributed by atoms with van der Waals surface area (Å²) in [5.74, 6) is -0.826. The highest BCUT2D eigenvalue weighted by molar-refractivity contribution is 7.89. The third-order valence-electron chi connectivity index (χ3n) is 3.84. The average Bonchev–Trinajstić information content (AvgIpc) is 2.57. The molecule has 0 fully saturated rings. The summed E-state index contributed by atoms with van der Waals surface area (Å²) in [6.07, 6.45) is 1.74. The molecule has 2 aromatic carbocycles. The standard InChI is InChI=1S/C18H22N2O5S/c1-3-4-10-20-16-12(2)14(18(21)22)11-15(26(19,23)24)17(16)25-13-8-6-5-7-9-13/h5-9,11,20H,3-4,10H2,1-2H3,(H,21,22)(H2,19,23,24). The lowest BCUT2D eigenvalue weighted by Crippen LogP contribution is -2.17. The number of unbranched alkanes of at least 4 members (excludes halogenated alkanes) is 1. The van der Waals surface area contributed by atoms with Gasteiger partial charge < -0.3 is 15.2 Å². The number of sulfonamides is 1. The number of anilines is 1. The molecule has 2 aromatic rings. The Bertz CT molecular complexity index is 896. The van der Waals surface area contributed by atoms with Gasteiger partial charge in [0.25, 0.3) is 0 Å². The van der Waals surface area contributed by atoms with Crippen molar-refractivity contribution in [3.8, 4) is 11.5 Å². The minimum absolute atomic E-state index is 0.00250. The second-order valence-electron chi connectivity index (χ2n) is 5.80. The average molecular weight is 378 g/mol. The van der Waals surface area contributed by atoms with Gasteiger partial charge in [0, 0.05) is 6.54 Å². The molecule has 0 heterocycles. The molecule has 26 heavy (non-hydrogen) atoms. The predicted molar refractivity (Wildman–Crippen MR) is 99.4 cm³/mol. The Balaban J connectivity index is 2.70. The highest BCUT2D eigenvalue weighted by Crippen LogP contribution is 2.40. The number of benzene rings is 2. The van der Waals surface area contributed by atoms with Gasteiger partial charge in [-0.15, -0.1) is 0 Å². The van der Waals surface area contributed by atoms with E-state index >= 15 is 0 Å². The number of hydrogen-bond acceptors (Lipinski definition) is 5. The molecular weight excluding hydrogens is 356 g/mol. The van der Waals surface area contributed by atoms with Gasteiger partial charge in [-0.25, -0.2) is 18.4 Å². The van der Waals surface area contributed by atoms with Gasteiger partial charge in [0.1, 0.15) is 10.6 Å². The number of nitrogens with two attached hydrogens (primary N) is 1. The first kappa shape index (κ1) is 19.7. The zero-order valence-corrected chi connectivity index (χ0v) is 15.5. The summed E-state index contributed by atoms with van der Waals surface area (Å²) >= 11 is 0. The van der Waals surface area contributed by atoms with Crippen LogP contribution in [-0.2, 0) is 10.0 Å². The van der Waals surface area contributed by atoms with Gasteiger partial charge in [-0.2, -0.15) is 0 Å². The number of nitrogens with one attached hydrogen (secondary N) is 1. The maximum atomic E-state index is 12.1. The molecule has 0 spiro atoms. The SMILES string of the molecule is CCCCNc1c(C)c(C(=O)O)cc(S(N)(=O)=O)c1Oc1ccccc1. The summed E-state index contributed by atoms with van der Waals surface area (Å²) in [6.45, 7) is 4.15. The van der Waals surface area contributed by atoms with Gasteiger partial charge in [-0.05, 0) is 37.1 Å². The minimum Gasteiger partial charge on any atom is -0.478 e. The first-order valence-corrected chi connectivity index (χ1v) is 9.70. The smallest absolute Gasteiger partial charge is 0.336 e. The van der Waals surface area contributed by atoms with Gasteiger partial charge in [-0.3, -0.25) is 0 Å². The van der Waals surface area contributed by atoms with Crippen molar-refractivity contribution in [2.24, 2.45) is 5.14 Å². The Kier molecular flexibility index (Phi) is 6.23. The number of rotatable bonds is 8. The molecule has 0 aliphatic rings. The second kappa shape index (κ2) is 8.20. The lowest BCUT2D eigenvalue weighted by Gasteiger charge is -2.20. The topological polar surface area (TPSA) is 119 Å². The largest absolute Gasteiger partial charge is 0.478 e. The third-order valence-corrected chi connectivity index (χ3v) is 4.75. The van der Waals surface area contributed by atoms with Crippen molar-refractivity contribution in [2.75, 3.05) is 11.9 Å². The highest BCUT2D eigenvalue weighted by Gasteiger charge is 2.26. The van der Waals surface area contributed by atoms with Crippen molar-refractivity contribution in [3.63, 3.8) is 0 Å². The molecule has 4 N–H and O–H groups in total. The monoisotopic (exact) mass is 378 g/mol. The van der Waals surface area contributed by atoms with Crippen LogP contribution < -0.4 is 15.2 Å². The summed E-state index contributed by atoms with van der Waals surface area (Å²) in [5.41, 5.74) is 0.548. The van der Waals surface area contributed by atoms with Crippen LogP contribution in [0.15, 0.2) is 41.3 Å². The number of carboxylic acids is 1. The van der Waals surface area contributed by atoms with Gasteiger partial charge in [0.15, 0.2) is 5.75 Å². The molecular formula is C18H22N2O5S. The summed E-state index contributed by atoms with van der Waals surface area (Å²) in [4.78, 5) is 11.2. The van der Waals surface area contributed by atoms with Crippen LogP contribution in [0.4, 0.5) is 5.69 Å². The fourth-order valence-electron chi connectivity index (χ4n) is 2.48. The zero-order valence-electron chi connectivity index (χ0n) is 14.7. The zero-order chi connectivity index (χ0) is 19.3. The van der Waals surface area contributed by atoms with Crippen molar-refractivity contribution < 1.29 is 23.1 Å². The first-order chi connectivity index (χ1) is 12.3. The number of carbonyl (C=O) groups is 1. The molecule has 7 nitrogen and oxygen atoms in total. The molecule has 140 valence electrons. The molecule has 0 aliphatic carbocycles. The molecule has 0 unspecified atom stereocenters. The van der Waals surface area contributed by atoms with Crippen molar-refractivity contribution >= 4 is 21.7 Å².